The second-order valence-corrected chi connectivity index (χ2v) is 8.06. The third kappa shape index (κ3) is 4.10. The number of aromatic nitrogens is 1. The van der Waals surface area contributed by atoms with E-state index in [1.165, 1.54) is 16.9 Å². The summed E-state index contributed by atoms with van der Waals surface area (Å²) in [6.45, 7) is 9.11. The van der Waals surface area contributed by atoms with E-state index >= 15 is 0 Å². The molecule has 1 heterocycles. The number of ether oxygens (including phenoxy) is 1. The lowest BCUT2D eigenvalue weighted by Crippen LogP contribution is -2.36. The van der Waals surface area contributed by atoms with Crippen molar-refractivity contribution in [2.45, 2.75) is 34.1 Å². The van der Waals surface area contributed by atoms with Crippen LogP contribution in [0.5, 0.6) is 5.19 Å². The number of para-hydroxylation sites is 1. The number of carbonyl (C=O) groups is 1. The van der Waals surface area contributed by atoms with Gasteiger partial charge in [-0.15, -0.1) is 0 Å². The van der Waals surface area contributed by atoms with Gasteiger partial charge in [-0.3, -0.25) is 4.79 Å². The van der Waals surface area contributed by atoms with Crippen LogP contribution in [-0.2, 0) is 4.79 Å². The van der Waals surface area contributed by atoms with E-state index in [2.05, 4.69) is 37.9 Å². The van der Waals surface area contributed by atoms with Crippen molar-refractivity contribution < 1.29 is 9.53 Å². The molecule has 132 valence electrons. The molecule has 0 saturated carbocycles. The molecule has 0 radical (unpaired) electrons. The zero-order valence-electron chi connectivity index (χ0n) is 15.2. The molecule has 2 aromatic rings. The molecule has 4 nitrogen and oxygen atoms in total. The molecule has 0 N–H and O–H groups in total. The number of amides is 1. The van der Waals surface area contributed by atoms with E-state index in [9.17, 15) is 4.79 Å². The van der Waals surface area contributed by atoms with Gasteiger partial charge in [-0.2, -0.15) is 0 Å². The minimum absolute atomic E-state index is 0.00813. The highest BCUT2D eigenvalue weighted by Gasteiger charge is 2.26. The van der Waals surface area contributed by atoms with Crippen molar-refractivity contribution in [2.75, 3.05) is 13.2 Å². The summed E-state index contributed by atoms with van der Waals surface area (Å²) in [6, 6.07) is 7.87. The van der Waals surface area contributed by atoms with Crippen LogP contribution in [0.4, 0.5) is 0 Å². The van der Waals surface area contributed by atoms with Crippen LogP contribution in [0.15, 0.2) is 47.7 Å². The summed E-state index contributed by atoms with van der Waals surface area (Å²) in [6.07, 6.45) is 5.21. The van der Waals surface area contributed by atoms with Gasteiger partial charge in [0.05, 0.1) is 10.2 Å². The van der Waals surface area contributed by atoms with Crippen LogP contribution in [0.25, 0.3) is 10.2 Å². The highest BCUT2D eigenvalue weighted by molar-refractivity contribution is 7.20. The van der Waals surface area contributed by atoms with Gasteiger partial charge in [-0.25, -0.2) is 4.98 Å². The van der Waals surface area contributed by atoms with Crippen LogP contribution in [0, 0.1) is 5.41 Å². The van der Waals surface area contributed by atoms with Gasteiger partial charge in [-0.05, 0) is 43.9 Å². The van der Waals surface area contributed by atoms with E-state index in [0.717, 1.165) is 22.3 Å². The highest BCUT2D eigenvalue weighted by Crippen LogP contribution is 2.34. The molecular weight excluding hydrogens is 332 g/mol. The third-order valence-electron chi connectivity index (χ3n) is 4.21. The fourth-order valence-electron chi connectivity index (χ4n) is 3.32. The number of fused-ring (bicyclic) bond motifs is 1. The lowest BCUT2D eigenvalue weighted by molar-refractivity contribution is -0.131. The number of hydrogen-bond donors (Lipinski definition) is 0. The molecule has 1 aliphatic carbocycles. The average Bonchev–Trinajstić information content (AvgIpc) is 2.94. The van der Waals surface area contributed by atoms with Crippen LogP contribution in [0.1, 0.15) is 34.1 Å². The van der Waals surface area contributed by atoms with E-state index in [4.69, 9.17) is 4.74 Å². The van der Waals surface area contributed by atoms with E-state index in [-0.39, 0.29) is 17.9 Å². The average molecular weight is 356 g/mol. The molecule has 3 rings (SSSR count). The Bertz CT molecular complexity index is 815. The third-order valence-corrected chi connectivity index (χ3v) is 5.16. The Balaban J connectivity index is 1.69. The molecular formula is C20H24N2O2S. The van der Waals surface area contributed by atoms with Crippen LogP contribution in [0.2, 0.25) is 0 Å². The topological polar surface area (TPSA) is 42.4 Å². The monoisotopic (exact) mass is 356 g/mol. The number of hydrogen-bond acceptors (Lipinski definition) is 4. The van der Waals surface area contributed by atoms with Crippen molar-refractivity contribution in [3.05, 3.63) is 47.7 Å². The zero-order valence-corrected chi connectivity index (χ0v) is 16.0. The summed E-state index contributed by atoms with van der Waals surface area (Å²) >= 11 is 1.47. The van der Waals surface area contributed by atoms with E-state index in [1.807, 2.05) is 36.1 Å². The number of thiazole rings is 1. The molecule has 0 atom stereocenters. The van der Waals surface area contributed by atoms with Gasteiger partial charge in [0, 0.05) is 12.2 Å². The van der Waals surface area contributed by atoms with Crippen LogP contribution in [0.3, 0.4) is 0 Å². The van der Waals surface area contributed by atoms with Gasteiger partial charge in [0.1, 0.15) is 0 Å². The second kappa shape index (κ2) is 7.00. The quantitative estimate of drug-likeness (QED) is 0.774. The first kappa shape index (κ1) is 17.7. The fourth-order valence-corrected chi connectivity index (χ4v) is 4.13. The van der Waals surface area contributed by atoms with Crippen LogP contribution >= 0.6 is 11.3 Å². The molecule has 25 heavy (non-hydrogen) atoms. The normalized spacial score (nSPS) is 16.3. The Hall–Kier alpha value is -2.14. The van der Waals surface area contributed by atoms with Crippen molar-refractivity contribution in [1.29, 1.82) is 0 Å². The number of benzene rings is 1. The van der Waals surface area contributed by atoms with Crippen molar-refractivity contribution >= 4 is 27.5 Å². The highest BCUT2D eigenvalue weighted by atomic mass is 32.1. The maximum atomic E-state index is 12.7. The standard InChI is InChI=1S/C20H24N2O2S/c1-5-22(15-10-14(2)11-20(3,4)12-15)18(23)13-24-19-21-16-8-6-7-9-17(16)25-19/h6-11H,5,12-13H2,1-4H3. The summed E-state index contributed by atoms with van der Waals surface area (Å²) in [5.41, 5.74) is 3.23. The van der Waals surface area contributed by atoms with Gasteiger partial charge in [-0.1, -0.05) is 49.0 Å². The van der Waals surface area contributed by atoms with Crippen molar-refractivity contribution in [1.82, 2.24) is 9.88 Å². The predicted molar refractivity (Wildman–Crippen MR) is 103 cm³/mol. The van der Waals surface area contributed by atoms with Gasteiger partial charge < -0.3 is 9.64 Å². The number of nitrogens with zero attached hydrogens (tertiary/aromatic N) is 2. The van der Waals surface area contributed by atoms with Crippen molar-refractivity contribution in [3.63, 3.8) is 0 Å². The summed E-state index contributed by atoms with van der Waals surface area (Å²) in [4.78, 5) is 18.9. The first-order chi connectivity index (χ1) is 11.9. The fraction of sp³-hybridized carbons (Fsp3) is 0.400. The number of rotatable bonds is 5. The summed E-state index contributed by atoms with van der Waals surface area (Å²) in [5, 5.41) is 0.541. The van der Waals surface area contributed by atoms with Gasteiger partial charge in [0.2, 0.25) is 0 Å². The van der Waals surface area contributed by atoms with E-state index in [0.29, 0.717) is 11.7 Å². The van der Waals surface area contributed by atoms with Crippen molar-refractivity contribution in [2.24, 2.45) is 5.41 Å². The molecule has 0 saturated heterocycles. The zero-order chi connectivity index (χ0) is 18.0. The van der Waals surface area contributed by atoms with E-state index in [1.54, 1.807) is 0 Å². The molecule has 1 aromatic heterocycles. The molecule has 5 heteroatoms. The number of allylic oxidation sites excluding steroid dienone is 4. The lowest BCUT2D eigenvalue weighted by Gasteiger charge is -2.33. The molecule has 0 bridgehead atoms. The summed E-state index contributed by atoms with van der Waals surface area (Å²) in [7, 11) is 0. The first-order valence-electron chi connectivity index (χ1n) is 8.57. The SMILES string of the molecule is CCN(C(=O)COc1nc2ccccc2s1)C1=CC(C)=CC(C)(C)C1. The molecule has 0 aliphatic heterocycles. The van der Waals surface area contributed by atoms with Crippen LogP contribution in [-0.4, -0.2) is 28.9 Å². The molecule has 0 unspecified atom stereocenters. The van der Waals surface area contributed by atoms with E-state index < -0.39 is 0 Å². The molecule has 1 amide bonds. The van der Waals surface area contributed by atoms with Gasteiger partial charge >= 0.3 is 0 Å². The van der Waals surface area contributed by atoms with Crippen LogP contribution < -0.4 is 4.74 Å². The largest absolute Gasteiger partial charge is 0.460 e. The Kier molecular flexibility index (Phi) is 4.95. The van der Waals surface area contributed by atoms with Gasteiger partial charge in [0.25, 0.3) is 11.1 Å². The Morgan fingerprint density at radius 2 is 2.12 bits per heavy atom. The molecule has 0 fully saturated rings. The Labute approximate surface area is 152 Å². The minimum Gasteiger partial charge on any atom is -0.460 e. The lowest BCUT2D eigenvalue weighted by atomic mass is 9.81. The predicted octanol–water partition coefficient (Wildman–Crippen LogP) is 4.78. The number of likely N-dealkylation sites (N-methyl/N-ethyl adjacent to an activating group) is 1. The smallest absolute Gasteiger partial charge is 0.274 e. The van der Waals surface area contributed by atoms with Crippen molar-refractivity contribution in [3.8, 4) is 5.19 Å². The second-order valence-electron chi connectivity index (χ2n) is 7.06. The maximum absolute atomic E-state index is 12.7. The maximum Gasteiger partial charge on any atom is 0.274 e. The minimum atomic E-state index is -0.0292. The van der Waals surface area contributed by atoms with Gasteiger partial charge in [0.15, 0.2) is 6.61 Å². The number of carbonyl (C=O) groups excluding carboxylic acids is 1. The Morgan fingerprint density at radius 3 is 2.80 bits per heavy atom. The summed E-state index contributed by atoms with van der Waals surface area (Å²) in [5.74, 6) is -0.0292. The summed E-state index contributed by atoms with van der Waals surface area (Å²) < 4.78 is 6.74. The Morgan fingerprint density at radius 1 is 1.36 bits per heavy atom. The molecule has 1 aliphatic rings. The molecule has 0 spiro atoms. The first-order valence-corrected chi connectivity index (χ1v) is 9.38. The molecule has 1 aromatic carbocycles.